The fraction of sp³-hybridized carbons (Fsp3) is 0.400. The summed E-state index contributed by atoms with van der Waals surface area (Å²) in [4.78, 5) is 2.69. The smallest absolute Gasteiger partial charge is 0.0661 e. The average molecular weight is 179 g/mol. The van der Waals surface area contributed by atoms with Crippen LogP contribution in [-0.4, -0.2) is 6.04 Å². The number of terminal acetylenes is 1. The van der Waals surface area contributed by atoms with Crippen LogP contribution in [0.1, 0.15) is 16.7 Å². The minimum absolute atomic E-state index is 0.160. The molecule has 0 spiro atoms. The van der Waals surface area contributed by atoms with Crippen molar-refractivity contribution in [2.24, 2.45) is 0 Å². The van der Waals surface area contributed by atoms with Gasteiger partial charge in [0.2, 0.25) is 0 Å². The highest BCUT2D eigenvalue weighted by molar-refractivity contribution is 7.11. The third-order valence-electron chi connectivity index (χ3n) is 1.63. The first-order valence-electron chi connectivity index (χ1n) is 3.97. The van der Waals surface area contributed by atoms with Crippen LogP contribution in [-0.2, 0) is 6.54 Å². The van der Waals surface area contributed by atoms with E-state index in [0.717, 1.165) is 6.54 Å². The van der Waals surface area contributed by atoms with E-state index in [4.69, 9.17) is 6.42 Å². The SMILES string of the molecule is C#CC(C)NCc1ccc(C)s1. The van der Waals surface area contributed by atoms with Gasteiger partial charge in [-0.25, -0.2) is 0 Å². The van der Waals surface area contributed by atoms with Crippen LogP contribution < -0.4 is 5.32 Å². The Kier molecular flexibility index (Phi) is 3.33. The molecule has 0 fully saturated rings. The molecule has 0 amide bonds. The van der Waals surface area contributed by atoms with E-state index in [2.05, 4.69) is 30.3 Å². The van der Waals surface area contributed by atoms with Crippen molar-refractivity contribution in [3.8, 4) is 12.3 Å². The summed E-state index contributed by atoms with van der Waals surface area (Å²) in [5.74, 6) is 2.64. The van der Waals surface area contributed by atoms with E-state index in [9.17, 15) is 0 Å². The number of rotatable bonds is 3. The highest BCUT2D eigenvalue weighted by atomic mass is 32.1. The maximum absolute atomic E-state index is 5.23. The molecule has 12 heavy (non-hydrogen) atoms. The van der Waals surface area contributed by atoms with Gasteiger partial charge in [-0.05, 0) is 26.0 Å². The number of hydrogen-bond acceptors (Lipinski definition) is 2. The second kappa shape index (κ2) is 4.30. The van der Waals surface area contributed by atoms with Crippen molar-refractivity contribution in [2.45, 2.75) is 26.4 Å². The van der Waals surface area contributed by atoms with E-state index < -0.39 is 0 Å². The van der Waals surface area contributed by atoms with E-state index in [1.807, 2.05) is 18.3 Å². The summed E-state index contributed by atoms with van der Waals surface area (Å²) in [5, 5.41) is 3.24. The lowest BCUT2D eigenvalue weighted by Gasteiger charge is -2.04. The van der Waals surface area contributed by atoms with Crippen molar-refractivity contribution in [3.63, 3.8) is 0 Å². The van der Waals surface area contributed by atoms with E-state index >= 15 is 0 Å². The monoisotopic (exact) mass is 179 g/mol. The van der Waals surface area contributed by atoms with Gasteiger partial charge in [0.05, 0.1) is 6.04 Å². The Morgan fingerprint density at radius 1 is 1.67 bits per heavy atom. The Morgan fingerprint density at radius 3 is 2.92 bits per heavy atom. The predicted molar refractivity (Wildman–Crippen MR) is 54.2 cm³/mol. The molecule has 1 atom stereocenters. The number of nitrogens with one attached hydrogen (secondary N) is 1. The van der Waals surface area contributed by atoms with Gasteiger partial charge in [-0.3, -0.25) is 5.32 Å². The first-order chi connectivity index (χ1) is 5.72. The van der Waals surface area contributed by atoms with E-state index in [1.54, 1.807) is 0 Å². The van der Waals surface area contributed by atoms with Crippen LogP contribution in [0.15, 0.2) is 12.1 Å². The molecule has 1 rings (SSSR count). The molecule has 1 aromatic rings. The van der Waals surface area contributed by atoms with Crippen molar-refractivity contribution in [3.05, 3.63) is 21.9 Å². The lowest BCUT2D eigenvalue weighted by atomic mass is 10.3. The molecule has 0 aliphatic heterocycles. The lowest BCUT2D eigenvalue weighted by molar-refractivity contribution is 0.654. The maximum atomic E-state index is 5.23. The quantitative estimate of drug-likeness (QED) is 0.701. The summed E-state index contributed by atoms with van der Waals surface area (Å²) < 4.78 is 0. The molecule has 0 aliphatic rings. The molecule has 0 radical (unpaired) electrons. The molecule has 0 saturated heterocycles. The van der Waals surface area contributed by atoms with Crippen LogP contribution in [0, 0.1) is 19.3 Å². The van der Waals surface area contributed by atoms with Crippen molar-refractivity contribution >= 4 is 11.3 Å². The van der Waals surface area contributed by atoms with Gasteiger partial charge >= 0.3 is 0 Å². The topological polar surface area (TPSA) is 12.0 Å². The van der Waals surface area contributed by atoms with Gasteiger partial charge in [0.25, 0.3) is 0 Å². The van der Waals surface area contributed by atoms with Crippen LogP contribution in [0.25, 0.3) is 0 Å². The summed E-state index contributed by atoms with van der Waals surface area (Å²) in [6.45, 7) is 4.98. The summed E-state index contributed by atoms with van der Waals surface area (Å²) in [5.41, 5.74) is 0. The van der Waals surface area contributed by atoms with E-state index in [0.29, 0.717) is 0 Å². The number of hydrogen-bond donors (Lipinski definition) is 1. The fourth-order valence-corrected chi connectivity index (χ4v) is 1.73. The molecule has 0 bridgehead atoms. The van der Waals surface area contributed by atoms with Gasteiger partial charge in [0, 0.05) is 16.3 Å². The highest BCUT2D eigenvalue weighted by Crippen LogP contribution is 2.14. The second-order valence-corrected chi connectivity index (χ2v) is 4.15. The molecule has 1 heterocycles. The summed E-state index contributed by atoms with van der Waals surface area (Å²) >= 11 is 1.81. The first kappa shape index (κ1) is 9.31. The molecule has 0 aliphatic carbocycles. The largest absolute Gasteiger partial charge is 0.299 e. The average Bonchev–Trinajstić information content (AvgIpc) is 2.47. The van der Waals surface area contributed by atoms with Gasteiger partial charge in [-0.1, -0.05) is 5.92 Å². The zero-order valence-electron chi connectivity index (χ0n) is 7.42. The predicted octanol–water partition coefficient (Wildman–Crippen LogP) is 2.17. The summed E-state index contributed by atoms with van der Waals surface area (Å²) in [7, 11) is 0. The highest BCUT2D eigenvalue weighted by Gasteiger charge is 1.98. The van der Waals surface area contributed by atoms with Crippen LogP contribution in [0.5, 0.6) is 0 Å². The molecule has 1 N–H and O–H groups in total. The summed E-state index contributed by atoms with van der Waals surface area (Å²) in [6.07, 6.45) is 5.23. The Morgan fingerprint density at radius 2 is 2.42 bits per heavy atom. The zero-order chi connectivity index (χ0) is 8.97. The lowest BCUT2D eigenvalue weighted by Crippen LogP contribution is -2.22. The Hall–Kier alpha value is -0.780. The Labute approximate surface area is 77.8 Å². The third kappa shape index (κ3) is 2.69. The van der Waals surface area contributed by atoms with Gasteiger partial charge in [0.15, 0.2) is 0 Å². The van der Waals surface area contributed by atoms with Crippen LogP contribution in [0.3, 0.4) is 0 Å². The van der Waals surface area contributed by atoms with Crippen LogP contribution >= 0.6 is 11.3 Å². The van der Waals surface area contributed by atoms with Gasteiger partial charge in [-0.15, -0.1) is 17.8 Å². The standard InChI is InChI=1S/C10H13NS/c1-4-8(2)11-7-10-6-5-9(3)12-10/h1,5-6,8,11H,7H2,2-3H3. The number of thiophene rings is 1. The molecule has 0 saturated carbocycles. The molecular weight excluding hydrogens is 166 g/mol. The van der Waals surface area contributed by atoms with Crippen molar-refractivity contribution in [1.29, 1.82) is 0 Å². The molecule has 2 heteroatoms. The molecule has 0 aromatic carbocycles. The Bertz CT molecular complexity index is 282. The van der Waals surface area contributed by atoms with Gasteiger partial charge < -0.3 is 0 Å². The van der Waals surface area contributed by atoms with Crippen LogP contribution in [0.4, 0.5) is 0 Å². The molecule has 64 valence electrons. The van der Waals surface area contributed by atoms with Gasteiger partial charge in [0.1, 0.15) is 0 Å². The normalized spacial score (nSPS) is 12.4. The van der Waals surface area contributed by atoms with E-state index in [-0.39, 0.29) is 6.04 Å². The first-order valence-corrected chi connectivity index (χ1v) is 4.79. The van der Waals surface area contributed by atoms with Crippen LogP contribution in [0.2, 0.25) is 0 Å². The molecule has 1 aromatic heterocycles. The van der Waals surface area contributed by atoms with Gasteiger partial charge in [-0.2, -0.15) is 0 Å². The summed E-state index contributed by atoms with van der Waals surface area (Å²) in [6, 6.07) is 4.42. The minimum Gasteiger partial charge on any atom is -0.299 e. The molecule has 1 unspecified atom stereocenters. The zero-order valence-corrected chi connectivity index (χ0v) is 8.24. The van der Waals surface area contributed by atoms with E-state index in [1.165, 1.54) is 9.75 Å². The number of aryl methyl sites for hydroxylation is 1. The fourth-order valence-electron chi connectivity index (χ4n) is 0.893. The van der Waals surface area contributed by atoms with Crippen molar-refractivity contribution < 1.29 is 0 Å². The maximum Gasteiger partial charge on any atom is 0.0661 e. The second-order valence-electron chi connectivity index (χ2n) is 2.78. The molecular formula is C10H13NS. The third-order valence-corrected chi connectivity index (χ3v) is 2.63. The molecule has 1 nitrogen and oxygen atoms in total. The van der Waals surface area contributed by atoms with Crippen molar-refractivity contribution in [1.82, 2.24) is 5.32 Å². The minimum atomic E-state index is 0.160. The van der Waals surface area contributed by atoms with Crippen molar-refractivity contribution in [2.75, 3.05) is 0 Å². The Balaban J connectivity index is 2.39.